The first-order chi connectivity index (χ1) is 14.6. The Kier molecular flexibility index (Phi) is 5.33. The number of aliphatic hydroxyl groups is 1. The molecule has 1 aliphatic rings. The fraction of sp³-hybridized carbons (Fsp3) is 0.273. The van der Waals surface area contributed by atoms with Crippen LogP contribution in [0.25, 0.3) is 16.6 Å². The molecule has 0 aliphatic carbocycles. The number of benzene rings is 2. The maximum atomic E-state index is 13.4. The molecule has 4 rings (SSSR count). The Labute approximate surface area is 173 Å². The number of Topliss-reactive ketones (excluding diaryl/α,β-unsaturated/α-hetero) is 1. The second-order valence-electron chi connectivity index (χ2n) is 7.05. The summed E-state index contributed by atoms with van der Waals surface area (Å²) in [5.74, 6) is 1.77. The number of aromatic amines is 1. The third-order valence-corrected chi connectivity index (χ3v) is 5.25. The van der Waals surface area contributed by atoms with Gasteiger partial charge < -0.3 is 30.2 Å². The maximum absolute atomic E-state index is 13.4. The molecule has 1 atom stereocenters. The van der Waals surface area contributed by atoms with Gasteiger partial charge in [-0.25, -0.2) is 4.98 Å². The molecule has 2 heterocycles. The normalized spacial score (nSPS) is 16.6. The van der Waals surface area contributed by atoms with Gasteiger partial charge in [-0.3, -0.25) is 4.79 Å². The number of ether oxygens (including phenoxy) is 2. The maximum Gasteiger partial charge on any atom is 0.193 e. The van der Waals surface area contributed by atoms with Crippen molar-refractivity contribution in [2.75, 3.05) is 25.7 Å². The van der Waals surface area contributed by atoms with Gasteiger partial charge in [0.15, 0.2) is 5.78 Å². The van der Waals surface area contributed by atoms with Crippen LogP contribution in [0.4, 0.5) is 5.69 Å². The van der Waals surface area contributed by atoms with E-state index in [-0.39, 0.29) is 12.4 Å². The van der Waals surface area contributed by atoms with Crippen LogP contribution in [0.1, 0.15) is 18.7 Å². The summed E-state index contributed by atoms with van der Waals surface area (Å²) in [6.45, 7) is -0.0150. The predicted molar refractivity (Wildman–Crippen MR) is 114 cm³/mol. The van der Waals surface area contributed by atoms with Gasteiger partial charge >= 0.3 is 0 Å². The number of hydrogen-bond acceptors (Lipinski definition) is 7. The number of imidazole rings is 1. The zero-order valence-corrected chi connectivity index (χ0v) is 16.9. The fourth-order valence-corrected chi connectivity index (χ4v) is 3.80. The van der Waals surface area contributed by atoms with E-state index in [0.717, 1.165) is 11.0 Å². The molecule has 0 amide bonds. The summed E-state index contributed by atoms with van der Waals surface area (Å²) < 4.78 is 10.8. The topological polar surface area (TPSA) is 114 Å². The Bertz CT molecular complexity index is 1070. The van der Waals surface area contributed by atoms with Crippen LogP contribution in [0.2, 0.25) is 0 Å². The average Bonchev–Trinajstić information content (AvgIpc) is 3.29. The number of methoxy groups -OCH3 is 2. The number of fused-ring (bicyclic) bond motifs is 1. The molecule has 0 saturated carbocycles. The van der Waals surface area contributed by atoms with Crippen molar-refractivity contribution in [3.05, 3.63) is 54.1 Å². The van der Waals surface area contributed by atoms with Gasteiger partial charge in [0.05, 0.1) is 37.0 Å². The van der Waals surface area contributed by atoms with Crippen molar-refractivity contribution in [3.63, 3.8) is 0 Å². The zero-order valence-electron chi connectivity index (χ0n) is 16.9. The molecule has 4 N–H and O–H groups in total. The lowest BCUT2D eigenvalue weighted by molar-refractivity contribution is -0.114. The summed E-state index contributed by atoms with van der Waals surface area (Å²) in [6, 6.07) is 12.4. The highest BCUT2D eigenvalue weighted by Gasteiger charge is 2.41. The summed E-state index contributed by atoms with van der Waals surface area (Å²) >= 11 is 0. The lowest BCUT2D eigenvalue weighted by Crippen LogP contribution is -2.36. The van der Waals surface area contributed by atoms with Crippen molar-refractivity contribution in [1.29, 1.82) is 0 Å². The van der Waals surface area contributed by atoms with E-state index < -0.39 is 6.04 Å². The van der Waals surface area contributed by atoms with Gasteiger partial charge in [-0.1, -0.05) is 12.1 Å². The number of carbonyl (C=O) groups is 1. The first kappa shape index (κ1) is 19.8. The largest absolute Gasteiger partial charge is 0.497 e. The monoisotopic (exact) mass is 408 g/mol. The highest BCUT2D eigenvalue weighted by molar-refractivity contribution is 6.27. The van der Waals surface area contributed by atoms with Crippen LogP contribution in [0.5, 0.6) is 11.5 Å². The van der Waals surface area contributed by atoms with Crippen molar-refractivity contribution in [3.8, 4) is 11.5 Å². The SMILES string of the molecule is COc1cc(OC)cc(N2C(N)=C(c3nc4ccccc4[nH]3)C(=O)C2CCCO)c1. The second-order valence-corrected chi connectivity index (χ2v) is 7.05. The van der Waals surface area contributed by atoms with Crippen LogP contribution >= 0.6 is 0 Å². The minimum Gasteiger partial charge on any atom is -0.497 e. The van der Waals surface area contributed by atoms with Crippen molar-refractivity contribution in [2.24, 2.45) is 5.73 Å². The van der Waals surface area contributed by atoms with E-state index >= 15 is 0 Å². The molecular weight excluding hydrogens is 384 g/mol. The molecule has 1 unspecified atom stereocenters. The molecule has 0 radical (unpaired) electrons. The fourth-order valence-electron chi connectivity index (χ4n) is 3.80. The van der Waals surface area contributed by atoms with Crippen LogP contribution in [0.15, 0.2) is 48.3 Å². The number of aromatic nitrogens is 2. The molecular formula is C22H24N4O4. The number of aliphatic hydroxyl groups excluding tert-OH is 1. The van der Waals surface area contributed by atoms with Gasteiger partial charge in [-0.2, -0.15) is 0 Å². The molecule has 8 heteroatoms. The number of hydrogen-bond donors (Lipinski definition) is 3. The zero-order chi connectivity index (χ0) is 21.3. The lowest BCUT2D eigenvalue weighted by atomic mass is 10.0. The van der Waals surface area contributed by atoms with E-state index in [1.54, 1.807) is 37.3 Å². The van der Waals surface area contributed by atoms with E-state index in [9.17, 15) is 9.90 Å². The Balaban J connectivity index is 1.84. The molecule has 30 heavy (non-hydrogen) atoms. The third-order valence-electron chi connectivity index (χ3n) is 5.25. The van der Waals surface area contributed by atoms with Crippen LogP contribution in [-0.4, -0.2) is 47.7 Å². The third kappa shape index (κ3) is 3.35. The Hall–Kier alpha value is -3.52. The molecule has 0 spiro atoms. The molecule has 1 aromatic heterocycles. The van der Waals surface area contributed by atoms with Crippen molar-refractivity contribution in [2.45, 2.75) is 18.9 Å². The van der Waals surface area contributed by atoms with Gasteiger partial charge in [0.25, 0.3) is 0 Å². The minimum atomic E-state index is -0.558. The molecule has 2 aromatic carbocycles. The van der Waals surface area contributed by atoms with E-state index in [1.807, 2.05) is 24.3 Å². The summed E-state index contributed by atoms with van der Waals surface area (Å²) in [5, 5.41) is 9.34. The van der Waals surface area contributed by atoms with E-state index in [4.69, 9.17) is 15.2 Å². The van der Waals surface area contributed by atoms with Gasteiger partial charge in [-0.15, -0.1) is 0 Å². The van der Waals surface area contributed by atoms with Gasteiger partial charge in [0.2, 0.25) is 0 Å². The van der Waals surface area contributed by atoms with E-state index in [0.29, 0.717) is 47.2 Å². The van der Waals surface area contributed by atoms with Crippen LogP contribution in [0.3, 0.4) is 0 Å². The first-order valence-electron chi connectivity index (χ1n) is 9.69. The number of rotatable bonds is 7. The number of nitrogens with two attached hydrogens (primary N) is 1. The Morgan fingerprint density at radius 3 is 2.50 bits per heavy atom. The van der Waals surface area contributed by atoms with Crippen LogP contribution < -0.4 is 20.1 Å². The number of para-hydroxylation sites is 2. The average molecular weight is 408 g/mol. The van der Waals surface area contributed by atoms with Crippen molar-refractivity contribution < 1.29 is 19.4 Å². The first-order valence-corrected chi connectivity index (χ1v) is 9.69. The minimum absolute atomic E-state index is 0.0150. The summed E-state index contributed by atoms with van der Waals surface area (Å²) in [7, 11) is 3.13. The standard InChI is InChI=1S/C22H24N4O4/c1-29-14-10-13(11-15(12-14)30-2)26-18(8-5-9-27)20(28)19(21(26)23)22-24-16-6-3-4-7-17(16)25-22/h3-4,6-7,10-12,18,27H,5,8-9,23H2,1-2H3,(H,24,25). The van der Waals surface area contributed by atoms with E-state index in [1.165, 1.54) is 0 Å². The van der Waals surface area contributed by atoms with Gasteiger partial charge in [-0.05, 0) is 25.0 Å². The van der Waals surface area contributed by atoms with Crippen LogP contribution in [0, 0.1) is 0 Å². The smallest absolute Gasteiger partial charge is 0.193 e. The molecule has 3 aromatic rings. The molecule has 0 saturated heterocycles. The number of nitrogens with zero attached hydrogens (tertiary/aromatic N) is 2. The molecule has 156 valence electrons. The Morgan fingerprint density at radius 2 is 1.87 bits per heavy atom. The van der Waals surface area contributed by atoms with Crippen LogP contribution in [-0.2, 0) is 4.79 Å². The predicted octanol–water partition coefficient (Wildman–Crippen LogP) is 2.44. The molecule has 8 nitrogen and oxygen atoms in total. The quantitative estimate of drug-likeness (QED) is 0.550. The number of ketones is 1. The number of anilines is 1. The number of H-pyrrole nitrogens is 1. The van der Waals surface area contributed by atoms with E-state index in [2.05, 4.69) is 9.97 Å². The highest BCUT2D eigenvalue weighted by atomic mass is 16.5. The number of nitrogens with one attached hydrogen (secondary N) is 1. The Morgan fingerprint density at radius 1 is 1.17 bits per heavy atom. The summed E-state index contributed by atoms with van der Waals surface area (Å²) in [5.41, 5.74) is 9.13. The van der Waals surface area contributed by atoms with Crippen molar-refractivity contribution >= 4 is 28.1 Å². The lowest BCUT2D eigenvalue weighted by Gasteiger charge is -2.27. The molecule has 0 fully saturated rings. The highest BCUT2D eigenvalue weighted by Crippen LogP contribution is 2.38. The van der Waals surface area contributed by atoms with Crippen molar-refractivity contribution in [1.82, 2.24) is 9.97 Å². The number of carbonyl (C=O) groups excluding carboxylic acids is 1. The van der Waals surface area contributed by atoms with Gasteiger partial charge in [0, 0.05) is 24.8 Å². The van der Waals surface area contributed by atoms with Gasteiger partial charge in [0.1, 0.15) is 28.7 Å². The molecule has 0 bridgehead atoms. The summed E-state index contributed by atoms with van der Waals surface area (Å²) in [4.78, 5) is 22.9. The second kappa shape index (κ2) is 8.08. The summed E-state index contributed by atoms with van der Waals surface area (Å²) in [6.07, 6.45) is 0.911. The molecule has 1 aliphatic heterocycles.